The summed E-state index contributed by atoms with van der Waals surface area (Å²) in [6.45, 7) is 0. The van der Waals surface area contributed by atoms with Gasteiger partial charge in [-0.2, -0.15) is 0 Å². The van der Waals surface area contributed by atoms with Crippen LogP contribution in [-0.2, 0) is 0 Å². The molecular weight excluding hydrogens is 300 g/mol. The van der Waals surface area contributed by atoms with Gasteiger partial charge >= 0.3 is 0 Å². The highest BCUT2D eigenvalue weighted by atomic mass is 32.1. The summed E-state index contributed by atoms with van der Waals surface area (Å²) in [4.78, 5) is 15.7. The molecule has 2 aromatic carbocycles. The van der Waals surface area contributed by atoms with E-state index in [-0.39, 0.29) is 11.5 Å². The van der Waals surface area contributed by atoms with Gasteiger partial charge in [0.05, 0.1) is 5.69 Å². The molecule has 0 fully saturated rings. The normalized spacial score (nSPS) is 10.5. The quantitative estimate of drug-likeness (QED) is 0.648. The first-order valence-electron chi connectivity index (χ1n) is 6.43. The third-order valence-electron chi connectivity index (χ3n) is 3.17. The number of carbonyl (C=O) groups is 1. The van der Waals surface area contributed by atoms with Crippen molar-refractivity contribution in [1.29, 1.82) is 0 Å². The van der Waals surface area contributed by atoms with Crippen LogP contribution in [0.4, 0.5) is 0 Å². The molecule has 0 aliphatic carbocycles. The Bertz CT molecular complexity index is 858. The van der Waals surface area contributed by atoms with Crippen molar-refractivity contribution in [3.8, 4) is 33.3 Å². The van der Waals surface area contributed by atoms with E-state index in [1.54, 1.807) is 24.3 Å². The van der Waals surface area contributed by atoms with Crippen molar-refractivity contribution >= 4 is 17.2 Å². The fourth-order valence-electron chi connectivity index (χ4n) is 2.03. The van der Waals surface area contributed by atoms with Crippen LogP contribution in [0, 0.1) is 0 Å². The average molecular weight is 312 g/mol. The summed E-state index contributed by atoms with van der Waals surface area (Å²) in [5.74, 6) is -0.849. The standard InChI is InChI=1S/C16H12N2O3S/c17-15(21)10-2-1-3-11(6-10)16-18-12(8-22-16)9-4-5-13(19)14(20)7-9/h1-8,19-20H,(H2,17,21). The fourth-order valence-corrected chi connectivity index (χ4v) is 2.85. The number of aromatic hydroxyl groups is 2. The zero-order chi connectivity index (χ0) is 15.7. The predicted molar refractivity (Wildman–Crippen MR) is 84.8 cm³/mol. The van der Waals surface area contributed by atoms with Crippen LogP contribution in [0.15, 0.2) is 47.8 Å². The lowest BCUT2D eigenvalue weighted by Crippen LogP contribution is -2.10. The molecule has 110 valence electrons. The largest absolute Gasteiger partial charge is 0.504 e. The number of nitrogens with two attached hydrogens (primary N) is 1. The fraction of sp³-hybridized carbons (Fsp3) is 0. The predicted octanol–water partition coefficient (Wildman–Crippen LogP) is 2.99. The van der Waals surface area contributed by atoms with Gasteiger partial charge in [-0.3, -0.25) is 4.79 Å². The molecule has 3 aromatic rings. The van der Waals surface area contributed by atoms with Gasteiger partial charge in [0.1, 0.15) is 5.01 Å². The molecule has 1 heterocycles. The second-order valence-electron chi connectivity index (χ2n) is 4.69. The number of amides is 1. The minimum atomic E-state index is -0.484. The molecule has 0 unspecified atom stereocenters. The number of hydrogen-bond acceptors (Lipinski definition) is 5. The number of aromatic nitrogens is 1. The molecule has 0 radical (unpaired) electrons. The number of thiazole rings is 1. The number of phenolic OH excluding ortho intramolecular Hbond substituents is 2. The summed E-state index contributed by atoms with van der Waals surface area (Å²) in [5, 5.41) is 21.5. The van der Waals surface area contributed by atoms with E-state index in [0.717, 1.165) is 10.6 Å². The van der Waals surface area contributed by atoms with E-state index < -0.39 is 5.91 Å². The number of phenols is 2. The van der Waals surface area contributed by atoms with Gasteiger partial charge in [-0.15, -0.1) is 11.3 Å². The number of carbonyl (C=O) groups excluding carboxylic acids is 1. The Morgan fingerprint density at radius 2 is 1.86 bits per heavy atom. The lowest BCUT2D eigenvalue weighted by Gasteiger charge is -2.01. The van der Waals surface area contributed by atoms with Gasteiger partial charge in [-0.05, 0) is 30.3 Å². The summed E-state index contributed by atoms with van der Waals surface area (Å²) in [6.07, 6.45) is 0. The molecule has 22 heavy (non-hydrogen) atoms. The second-order valence-corrected chi connectivity index (χ2v) is 5.54. The third-order valence-corrected chi connectivity index (χ3v) is 4.06. The highest BCUT2D eigenvalue weighted by Crippen LogP contribution is 2.33. The van der Waals surface area contributed by atoms with Crippen molar-refractivity contribution in [2.24, 2.45) is 5.73 Å². The Kier molecular flexibility index (Phi) is 3.52. The first-order chi connectivity index (χ1) is 10.5. The van der Waals surface area contributed by atoms with Gasteiger partial charge in [0, 0.05) is 22.1 Å². The van der Waals surface area contributed by atoms with Crippen molar-refractivity contribution in [3.63, 3.8) is 0 Å². The second kappa shape index (κ2) is 5.50. The van der Waals surface area contributed by atoms with Gasteiger partial charge in [0.2, 0.25) is 5.91 Å². The maximum Gasteiger partial charge on any atom is 0.248 e. The molecule has 0 atom stereocenters. The lowest BCUT2D eigenvalue weighted by molar-refractivity contribution is 0.100. The van der Waals surface area contributed by atoms with Crippen LogP contribution in [0.5, 0.6) is 11.5 Å². The Balaban J connectivity index is 1.98. The zero-order valence-corrected chi connectivity index (χ0v) is 12.2. The first kappa shape index (κ1) is 14.1. The average Bonchev–Trinajstić information content (AvgIpc) is 3.00. The molecule has 3 rings (SSSR count). The maximum absolute atomic E-state index is 11.2. The van der Waals surface area contributed by atoms with Crippen molar-refractivity contribution < 1.29 is 15.0 Å². The van der Waals surface area contributed by atoms with Crippen LogP contribution < -0.4 is 5.73 Å². The van der Waals surface area contributed by atoms with Crippen LogP contribution in [0.25, 0.3) is 21.8 Å². The minimum absolute atomic E-state index is 0.173. The minimum Gasteiger partial charge on any atom is -0.504 e. The van der Waals surface area contributed by atoms with Crippen molar-refractivity contribution in [2.75, 3.05) is 0 Å². The highest BCUT2D eigenvalue weighted by Gasteiger charge is 2.10. The summed E-state index contributed by atoms with van der Waals surface area (Å²) < 4.78 is 0. The molecule has 6 heteroatoms. The summed E-state index contributed by atoms with van der Waals surface area (Å²) in [7, 11) is 0. The van der Waals surface area contributed by atoms with Crippen LogP contribution in [0.2, 0.25) is 0 Å². The van der Waals surface area contributed by atoms with Crippen molar-refractivity contribution in [2.45, 2.75) is 0 Å². The number of nitrogens with zero attached hydrogens (tertiary/aromatic N) is 1. The van der Waals surface area contributed by atoms with Gasteiger partial charge in [-0.1, -0.05) is 12.1 Å². The molecule has 0 bridgehead atoms. The smallest absolute Gasteiger partial charge is 0.248 e. The van der Waals surface area contributed by atoms with Gasteiger partial charge in [0.25, 0.3) is 0 Å². The molecule has 0 saturated heterocycles. The SMILES string of the molecule is NC(=O)c1cccc(-c2nc(-c3ccc(O)c(O)c3)cs2)c1. The summed E-state index contributed by atoms with van der Waals surface area (Å²) >= 11 is 1.42. The van der Waals surface area contributed by atoms with Gasteiger partial charge in [-0.25, -0.2) is 4.98 Å². The Morgan fingerprint density at radius 1 is 1.05 bits per heavy atom. The van der Waals surface area contributed by atoms with Crippen molar-refractivity contribution in [1.82, 2.24) is 4.98 Å². The number of primary amides is 1. The third kappa shape index (κ3) is 2.64. The molecule has 0 saturated carbocycles. The number of rotatable bonds is 3. The van der Waals surface area contributed by atoms with Crippen LogP contribution >= 0.6 is 11.3 Å². The van der Waals surface area contributed by atoms with Crippen LogP contribution in [0.3, 0.4) is 0 Å². The summed E-state index contributed by atoms with van der Waals surface area (Å²) in [5.41, 5.74) is 7.89. The Labute approximate surface area is 130 Å². The molecule has 0 spiro atoms. The van der Waals surface area contributed by atoms with Crippen molar-refractivity contribution in [3.05, 3.63) is 53.4 Å². The summed E-state index contributed by atoms with van der Waals surface area (Å²) in [6, 6.07) is 11.5. The molecule has 5 nitrogen and oxygen atoms in total. The molecular formula is C16H12N2O3S. The van der Waals surface area contributed by atoms with E-state index in [1.807, 2.05) is 11.4 Å². The Morgan fingerprint density at radius 3 is 2.59 bits per heavy atom. The lowest BCUT2D eigenvalue weighted by atomic mass is 10.1. The van der Waals surface area contributed by atoms with E-state index in [2.05, 4.69) is 4.98 Å². The van der Waals surface area contributed by atoms with E-state index >= 15 is 0 Å². The molecule has 4 N–H and O–H groups in total. The van der Waals surface area contributed by atoms with Crippen LogP contribution in [0.1, 0.15) is 10.4 Å². The molecule has 0 aliphatic rings. The zero-order valence-electron chi connectivity index (χ0n) is 11.4. The molecule has 1 amide bonds. The van der Waals surface area contributed by atoms with E-state index in [1.165, 1.54) is 23.5 Å². The van der Waals surface area contributed by atoms with Gasteiger partial charge < -0.3 is 15.9 Å². The maximum atomic E-state index is 11.2. The number of benzene rings is 2. The first-order valence-corrected chi connectivity index (χ1v) is 7.30. The molecule has 1 aromatic heterocycles. The molecule has 0 aliphatic heterocycles. The highest BCUT2D eigenvalue weighted by molar-refractivity contribution is 7.13. The monoisotopic (exact) mass is 312 g/mol. The number of hydrogen-bond donors (Lipinski definition) is 3. The topological polar surface area (TPSA) is 96.4 Å². The van der Waals surface area contributed by atoms with E-state index in [0.29, 0.717) is 16.8 Å². The van der Waals surface area contributed by atoms with E-state index in [9.17, 15) is 15.0 Å². The van der Waals surface area contributed by atoms with E-state index in [4.69, 9.17) is 5.73 Å². The van der Waals surface area contributed by atoms with Crippen LogP contribution in [-0.4, -0.2) is 21.1 Å². The Hall–Kier alpha value is -2.86. The van der Waals surface area contributed by atoms with Gasteiger partial charge in [0.15, 0.2) is 11.5 Å².